The molecule has 5 heteroatoms. The van der Waals surface area contributed by atoms with Crippen molar-refractivity contribution in [2.24, 2.45) is 0 Å². The fraction of sp³-hybridized carbons (Fsp3) is 0.278. The second-order valence-corrected chi connectivity index (χ2v) is 5.25. The summed E-state index contributed by atoms with van der Waals surface area (Å²) in [6, 6.07) is 8.84. The van der Waals surface area contributed by atoms with Crippen molar-refractivity contribution in [1.82, 2.24) is 0 Å². The van der Waals surface area contributed by atoms with Gasteiger partial charge in [0.1, 0.15) is 0 Å². The molecule has 0 unspecified atom stereocenters. The zero-order chi connectivity index (χ0) is 17.0. The van der Waals surface area contributed by atoms with Crippen LogP contribution in [0, 0.1) is 18.6 Å². The Morgan fingerprint density at radius 3 is 2.30 bits per heavy atom. The van der Waals surface area contributed by atoms with Crippen LogP contribution in [0.3, 0.4) is 0 Å². The molecule has 2 rings (SSSR count). The first-order chi connectivity index (χ1) is 11.0. The Morgan fingerprint density at radius 2 is 1.74 bits per heavy atom. The van der Waals surface area contributed by atoms with Gasteiger partial charge in [-0.2, -0.15) is 0 Å². The number of anilines is 2. The average molecular weight is 318 g/mol. The Bertz CT molecular complexity index is 712. The largest absolute Gasteiger partial charge is 0.372 e. The number of hydrogen-bond donors (Lipinski definition) is 1. The van der Waals surface area contributed by atoms with E-state index in [2.05, 4.69) is 24.1 Å². The van der Waals surface area contributed by atoms with E-state index >= 15 is 0 Å². The number of benzene rings is 2. The van der Waals surface area contributed by atoms with Crippen molar-refractivity contribution < 1.29 is 13.6 Å². The number of carbonyl (C=O) groups excluding carboxylic acids is 1. The summed E-state index contributed by atoms with van der Waals surface area (Å²) in [7, 11) is 0. The lowest BCUT2D eigenvalue weighted by Gasteiger charge is -2.22. The standard InChI is InChI=1S/C18H20F2N2O/c1-4-22(5-2)14-7-9-17(12(3)10-14)21-18(23)13-6-8-15(19)16(20)11-13/h6-11H,4-5H2,1-3H3,(H,21,23). The van der Waals surface area contributed by atoms with Crippen LogP contribution in [0.5, 0.6) is 0 Å². The molecule has 0 radical (unpaired) electrons. The monoisotopic (exact) mass is 318 g/mol. The molecule has 0 fully saturated rings. The fourth-order valence-electron chi connectivity index (χ4n) is 2.41. The van der Waals surface area contributed by atoms with E-state index in [1.54, 1.807) is 0 Å². The molecule has 0 aromatic heterocycles. The van der Waals surface area contributed by atoms with E-state index in [9.17, 15) is 13.6 Å². The summed E-state index contributed by atoms with van der Waals surface area (Å²) in [5.41, 5.74) is 2.72. The molecule has 2 aromatic carbocycles. The topological polar surface area (TPSA) is 32.3 Å². The average Bonchev–Trinajstić information content (AvgIpc) is 2.53. The molecule has 3 nitrogen and oxygen atoms in total. The van der Waals surface area contributed by atoms with Gasteiger partial charge in [-0.05, 0) is 62.7 Å². The lowest BCUT2D eigenvalue weighted by atomic mass is 10.1. The van der Waals surface area contributed by atoms with E-state index in [1.165, 1.54) is 6.07 Å². The molecule has 0 aliphatic heterocycles. The third-order valence-electron chi connectivity index (χ3n) is 3.77. The van der Waals surface area contributed by atoms with Gasteiger partial charge in [0.05, 0.1) is 0 Å². The first kappa shape index (κ1) is 16.9. The highest BCUT2D eigenvalue weighted by Crippen LogP contribution is 2.23. The minimum atomic E-state index is -1.04. The highest BCUT2D eigenvalue weighted by molar-refractivity contribution is 6.04. The Kier molecular flexibility index (Phi) is 5.32. The van der Waals surface area contributed by atoms with Crippen LogP contribution >= 0.6 is 0 Å². The fourth-order valence-corrected chi connectivity index (χ4v) is 2.41. The maximum absolute atomic E-state index is 13.2. The van der Waals surface area contributed by atoms with Crippen LogP contribution in [0.2, 0.25) is 0 Å². The maximum atomic E-state index is 13.2. The van der Waals surface area contributed by atoms with Gasteiger partial charge >= 0.3 is 0 Å². The number of aryl methyl sites for hydroxylation is 1. The molecule has 0 spiro atoms. The first-order valence-electron chi connectivity index (χ1n) is 7.58. The molecule has 1 amide bonds. The Labute approximate surface area is 134 Å². The van der Waals surface area contributed by atoms with Gasteiger partial charge < -0.3 is 10.2 Å². The molecular weight excluding hydrogens is 298 g/mol. The van der Waals surface area contributed by atoms with Crippen LogP contribution in [0.15, 0.2) is 36.4 Å². The van der Waals surface area contributed by atoms with Gasteiger partial charge in [-0.3, -0.25) is 4.79 Å². The normalized spacial score (nSPS) is 10.5. The Morgan fingerprint density at radius 1 is 1.04 bits per heavy atom. The van der Waals surface area contributed by atoms with Crippen molar-refractivity contribution in [3.8, 4) is 0 Å². The number of amides is 1. The molecule has 0 heterocycles. The third kappa shape index (κ3) is 3.86. The van der Waals surface area contributed by atoms with Gasteiger partial charge in [-0.25, -0.2) is 8.78 Å². The van der Waals surface area contributed by atoms with Gasteiger partial charge in [0.2, 0.25) is 0 Å². The number of nitrogens with zero attached hydrogens (tertiary/aromatic N) is 1. The first-order valence-corrected chi connectivity index (χ1v) is 7.58. The smallest absolute Gasteiger partial charge is 0.255 e. The third-order valence-corrected chi connectivity index (χ3v) is 3.77. The summed E-state index contributed by atoms with van der Waals surface area (Å²) in [6.45, 7) is 7.86. The van der Waals surface area contributed by atoms with Crippen molar-refractivity contribution in [2.45, 2.75) is 20.8 Å². The van der Waals surface area contributed by atoms with E-state index < -0.39 is 17.5 Å². The van der Waals surface area contributed by atoms with Crippen molar-refractivity contribution in [3.05, 3.63) is 59.2 Å². The summed E-state index contributed by atoms with van der Waals surface area (Å²) in [6.07, 6.45) is 0. The zero-order valence-electron chi connectivity index (χ0n) is 13.5. The van der Waals surface area contributed by atoms with Crippen molar-refractivity contribution in [1.29, 1.82) is 0 Å². The summed E-state index contributed by atoms with van der Waals surface area (Å²) < 4.78 is 26.1. The summed E-state index contributed by atoms with van der Waals surface area (Å²) in [4.78, 5) is 14.4. The number of hydrogen-bond acceptors (Lipinski definition) is 2. The van der Waals surface area contributed by atoms with E-state index in [0.717, 1.165) is 36.5 Å². The van der Waals surface area contributed by atoms with Crippen LogP contribution < -0.4 is 10.2 Å². The van der Waals surface area contributed by atoms with Crippen LogP contribution in [0.4, 0.5) is 20.2 Å². The number of carbonyl (C=O) groups is 1. The molecule has 23 heavy (non-hydrogen) atoms. The molecule has 1 N–H and O–H groups in total. The van der Waals surface area contributed by atoms with Crippen molar-refractivity contribution in [2.75, 3.05) is 23.3 Å². The minimum Gasteiger partial charge on any atom is -0.372 e. The zero-order valence-corrected chi connectivity index (χ0v) is 13.5. The van der Waals surface area contributed by atoms with Crippen LogP contribution in [-0.4, -0.2) is 19.0 Å². The molecule has 2 aromatic rings. The SMILES string of the molecule is CCN(CC)c1ccc(NC(=O)c2ccc(F)c(F)c2)c(C)c1. The summed E-state index contributed by atoms with van der Waals surface area (Å²) >= 11 is 0. The summed E-state index contributed by atoms with van der Waals surface area (Å²) in [5.74, 6) is -2.48. The Balaban J connectivity index is 2.19. The maximum Gasteiger partial charge on any atom is 0.255 e. The van der Waals surface area contributed by atoms with E-state index in [0.29, 0.717) is 5.69 Å². The number of halogens is 2. The lowest BCUT2D eigenvalue weighted by Crippen LogP contribution is -2.22. The molecular formula is C18H20F2N2O. The number of nitrogens with one attached hydrogen (secondary N) is 1. The predicted octanol–water partition coefficient (Wildman–Crippen LogP) is 4.37. The van der Waals surface area contributed by atoms with Crippen LogP contribution in [0.25, 0.3) is 0 Å². The van der Waals surface area contributed by atoms with Gasteiger partial charge in [0.15, 0.2) is 11.6 Å². The molecule has 0 saturated heterocycles. The quantitative estimate of drug-likeness (QED) is 0.888. The summed E-state index contributed by atoms with van der Waals surface area (Å²) in [5, 5.41) is 2.73. The predicted molar refractivity (Wildman–Crippen MR) is 89.1 cm³/mol. The van der Waals surface area contributed by atoms with Gasteiger partial charge in [-0.15, -0.1) is 0 Å². The van der Waals surface area contributed by atoms with Gasteiger partial charge in [0.25, 0.3) is 5.91 Å². The Hall–Kier alpha value is -2.43. The lowest BCUT2D eigenvalue weighted by molar-refractivity contribution is 0.102. The van der Waals surface area contributed by atoms with Crippen molar-refractivity contribution >= 4 is 17.3 Å². The molecule has 0 aliphatic rings. The molecule has 0 bridgehead atoms. The van der Waals surface area contributed by atoms with E-state index in [1.807, 2.05) is 25.1 Å². The second kappa shape index (κ2) is 7.22. The second-order valence-electron chi connectivity index (χ2n) is 5.25. The van der Waals surface area contributed by atoms with Gasteiger partial charge in [-0.1, -0.05) is 0 Å². The van der Waals surface area contributed by atoms with Crippen molar-refractivity contribution in [3.63, 3.8) is 0 Å². The highest BCUT2D eigenvalue weighted by Gasteiger charge is 2.12. The van der Waals surface area contributed by atoms with Crippen LogP contribution in [0.1, 0.15) is 29.8 Å². The van der Waals surface area contributed by atoms with E-state index in [-0.39, 0.29) is 5.56 Å². The molecule has 0 saturated carbocycles. The van der Waals surface area contributed by atoms with Crippen LogP contribution in [-0.2, 0) is 0 Å². The molecule has 0 atom stereocenters. The molecule has 122 valence electrons. The molecule has 0 aliphatic carbocycles. The minimum absolute atomic E-state index is 0.0797. The van der Waals surface area contributed by atoms with E-state index in [4.69, 9.17) is 0 Å². The van der Waals surface area contributed by atoms with Gasteiger partial charge in [0, 0.05) is 30.0 Å². The number of rotatable bonds is 5. The highest BCUT2D eigenvalue weighted by atomic mass is 19.2.